The van der Waals surface area contributed by atoms with E-state index in [1.54, 1.807) is 0 Å². The molecule has 2 aliphatic heterocycles. The Morgan fingerprint density at radius 1 is 0.833 bits per heavy atom. The van der Waals surface area contributed by atoms with E-state index in [2.05, 4.69) is 38.4 Å². The highest BCUT2D eigenvalue weighted by atomic mass is 35.5. The van der Waals surface area contributed by atoms with Gasteiger partial charge >= 0.3 is 0 Å². The van der Waals surface area contributed by atoms with E-state index >= 15 is 0 Å². The molecule has 0 radical (unpaired) electrons. The summed E-state index contributed by atoms with van der Waals surface area (Å²) in [7, 11) is 0. The number of benzene rings is 1. The summed E-state index contributed by atoms with van der Waals surface area (Å²) < 4.78 is 6.18. The number of piperazine rings is 2. The first-order valence-corrected chi connectivity index (χ1v) is 11.3. The standard InChI is InChI=1S/C22H31ClN6O/c1-3-26-9-13-28(14-10-26)21-20(30-19-7-5-18(23)6-8-19)17-24-22(25-21)29-15-11-27(4-2)12-16-29/h5-8,17H,3-4,9-16H2,1-2H3. The average Bonchev–Trinajstić information content (AvgIpc) is 2.81. The van der Waals surface area contributed by atoms with Crippen molar-refractivity contribution in [2.24, 2.45) is 0 Å². The molecule has 0 atom stereocenters. The van der Waals surface area contributed by atoms with Gasteiger partial charge in [-0.2, -0.15) is 4.98 Å². The summed E-state index contributed by atoms with van der Waals surface area (Å²) in [6.45, 7) is 14.5. The van der Waals surface area contributed by atoms with Crippen LogP contribution in [0.3, 0.4) is 0 Å². The van der Waals surface area contributed by atoms with Gasteiger partial charge in [0.15, 0.2) is 11.6 Å². The molecule has 4 rings (SSSR count). The smallest absolute Gasteiger partial charge is 0.227 e. The van der Waals surface area contributed by atoms with Crippen LogP contribution in [0.25, 0.3) is 0 Å². The number of hydrogen-bond acceptors (Lipinski definition) is 7. The molecule has 0 N–H and O–H groups in total. The van der Waals surface area contributed by atoms with Gasteiger partial charge in [0.05, 0.1) is 6.20 Å². The van der Waals surface area contributed by atoms with Crippen molar-refractivity contribution in [2.45, 2.75) is 13.8 Å². The Morgan fingerprint density at radius 3 is 1.97 bits per heavy atom. The second kappa shape index (κ2) is 9.81. The fourth-order valence-corrected chi connectivity index (χ4v) is 4.10. The van der Waals surface area contributed by atoms with Gasteiger partial charge in [-0.15, -0.1) is 0 Å². The SMILES string of the molecule is CCN1CCN(c2ncc(Oc3ccc(Cl)cc3)c(N3CCN(CC)CC3)n2)CC1. The molecule has 2 aliphatic rings. The molecular weight excluding hydrogens is 400 g/mol. The first-order chi connectivity index (χ1) is 14.7. The highest BCUT2D eigenvalue weighted by Gasteiger charge is 2.24. The van der Waals surface area contributed by atoms with Gasteiger partial charge in [0.1, 0.15) is 5.75 Å². The molecule has 0 spiro atoms. The summed E-state index contributed by atoms with van der Waals surface area (Å²) in [5.41, 5.74) is 0. The van der Waals surface area contributed by atoms with Crippen molar-refractivity contribution >= 4 is 23.4 Å². The highest BCUT2D eigenvalue weighted by molar-refractivity contribution is 6.30. The van der Waals surface area contributed by atoms with Gasteiger partial charge in [0.2, 0.25) is 5.95 Å². The van der Waals surface area contributed by atoms with Crippen LogP contribution in [0.5, 0.6) is 11.5 Å². The van der Waals surface area contributed by atoms with E-state index in [0.29, 0.717) is 10.8 Å². The van der Waals surface area contributed by atoms with Crippen LogP contribution in [0.4, 0.5) is 11.8 Å². The van der Waals surface area contributed by atoms with Crippen LogP contribution in [0.1, 0.15) is 13.8 Å². The van der Waals surface area contributed by atoms with Gasteiger partial charge in [-0.3, -0.25) is 0 Å². The van der Waals surface area contributed by atoms with Gasteiger partial charge < -0.3 is 24.3 Å². The van der Waals surface area contributed by atoms with Gasteiger partial charge in [-0.25, -0.2) is 4.98 Å². The summed E-state index contributed by atoms with van der Waals surface area (Å²) in [6, 6.07) is 7.41. The van der Waals surface area contributed by atoms with E-state index in [0.717, 1.165) is 83.0 Å². The highest BCUT2D eigenvalue weighted by Crippen LogP contribution is 2.33. The molecule has 0 bridgehead atoms. The number of nitrogens with zero attached hydrogens (tertiary/aromatic N) is 6. The maximum atomic E-state index is 6.18. The van der Waals surface area contributed by atoms with E-state index in [1.807, 2.05) is 30.5 Å². The quantitative estimate of drug-likeness (QED) is 0.697. The van der Waals surface area contributed by atoms with Crippen molar-refractivity contribution in [3.8, 4) is 11.5 Å². The summed E-state index contributed by atoms with van der Waals surface area (Å²) in [5.74, 6) is 3.10. The largest absolute Gasteiger partial charge is 0.452 e. The number of anilines is 2. The minimum atomic E-state index is 0.691. The first-order valence-electron chi connectivity index (χ1n) is 10.9. The third-order valence-electron chi connectivity index (χ3n) is 5.99. The lowest BCUT2D eigenvalue weighted by atomic mass is 10.3. The molecule has 1 aromatic heterocycles. The third-order valence-corrected chi connectivity index (χ3v) is 6.24. The predicted molar refractivity (Wildman–Crippen MR) is 122 cm³/mol. The number of likely N-dealkylation sites (N-methyl/N-ethyl adjacent to an activating group) is 2. The topological polar surface area (TPSA) is 48.0 Å². The van der Waals surface area contributed by atoms with E-state index in [9.17, 15) is 0 Å². The molecule has 2 aromatic rings. The summed E-state index contributed by atoms with van der Waals surface area (Å²) in [5, 5.41) is 0.691. The lowest BCUT2D eigenvalue weighted by Gasteiger charge is -2.37. The zero-order chi connectivity index (χ0) is 20.9. The second-order valence-electron chi connectivity index (χ2n) is 7.76. The van der Waals surface area contributed by atoms with Gasteiger partial charge in [-0.1, -0.05) is 25.4 Å². The van der Waals surface area contributed by atoms with Crippen molar-refractivity contribution in [1.29, 1.82) is 0 Å². The predicted octanol–water partition coefficient (Wildman–Crippen LogP) is 3.21. The lowest BCUT2D eigenvalue weighted by molar-refractivity contribution is 0.268. The van der Waals surface area contributed by atoms with Crippen LogP contribution < -0.4 is 14.5 Å². The molecule has 30 heavy (non-hydrogen) atoms. The zero-order valence-corrected chi connectivity index (χ0v) is 18.7. The summed E-state index contributed by atoms with van der Waals surface area (Å²) in [4.78, 5) is 19.2. The summed E-state index contributed by atoms with van der Waals surface area (Å²) in [6.07, 6.45) is 1.82. The Balaban J connectivity index is 1.58. The molecule has 8 heteroatoms. The zero-order valence-electron chi connectivity index (χ0n) is 17.9. The molecule has 0 unspecified atom stereocenters. The summed E-state index contributed by atoms with van der Waals surface area (Å²) >= 11 is 6.02. The van der Waals surface area contributed by atoms with Crippen molar-refractivity contribution in [3.63, 3.8) is 0 Å². The minimum Gasteiger partial charge on any atom is -0.452 e. The van der Waals surface area contributed by atoms with Crippen LogP contribution in [0.2, 0.25) is 5.02 Å². The number of ether oxygens (including phenoxy) is 1. The molecule has 2 fully saturated rings. The monoisotopic (exact) mass is 430 g/mol. The normalized spacial score (nSPS) is 18.6. The Hall–Kier alpha value is -2.09. The fourth-order valence-electron chi connectivity index (χ4n) is 3.97. The molecule has 162 valence electrons. The molecule has 0 amide bonds. The fraction of sp³-hybridized carbons (Fsp3) is 0.545. The maximum Gasteiger partial charge on any atom is 0.227 e. The molecule has 2 saturated heterocycles. The molecule has 7 nitrogen and oxygen atoms in total. The van der Waals surface area contributed by atoms with Gasteiger partial charge in [0.25, 0.3) is 0 Å². The van der Waals surface area contributed by atoms with Crippen molar-refractivity contribution < 1.29 is 4.74 Å². The van der Waals surface area contributed by atoms with Crippen LogP contribution in [-0.2, 0) is 0 Å². The van der Waals surface area contributed by atoms with Crippen LogP contribution in [-0.4, -0.2) is 85.2 Å². The Morgan fingerprint density at radius 2 is 1.40 bits per heavy atom. The van der Waals surface area contributed by atoms with E-state index in [1.165, 1.54) is 0 Å². The molecule has 0 aliphatic carbocycles. The molecular formula is C22H31ClN6O. The third kappa shape index (κ3) is 4.96. The van der Waals surface area contributed by atoms with Crippen molar-refractivity contribution in [1.82, 2.24) is 19.8 Å². The van der Waals surface area contributed by atoms with Crippen LogP contribution >= 0.6 is 11.6 Å². The average molecular weight is 431 g/mol. The van der Waals surface area contributed by atoms with Gasteiger partial charge in [-0.05, 0) is 37.4 Å². The number of hydrogen-bond donors (Lipinski definition) is 0. The van der Waals surface area contributed by atoms with Crippen LogP contribution in [0, 0.1) is 0 Å². The van der Waals surface area contributed by atoms with E-state index < -0.39 is 0 Å². The number of halogens is 1. The Labute approximate surface area is 184 Å². The first kappa shape index (κ1) is 21.2. The van der Waals surface area contributed by atoms with Crippen LogP contribution in [0.15, 0.2) is 30.5 Å². The van der Waals surface area contributed by atoms with Gasteiger partial charge in [0, 0.05) is 57.4 Å². The van der Waals surface area contributed by atoms with Crippen molar-refractivity contribution in [2.75, 3.05) is 75.2 Å². The second-order valence-corrected chi connectivity index (χ2v) is 8.19. The Kier molecular flexibility index (Phi) is 6.92. The van der Waals surface area contributed by atoms with E-state index in [4.69, 9.17) is 21.3 Å². The Bertz CT molecular complexity index is 817. The molecule has 3 heterocycles. The molecule has 1 aromatic carbocycles. The molecule has 0 saturated carbocycles. The lowest BCUT2D eigenvalue weighted by Crippen LogP contribution is -2.48. The van der Waals surface area contributed by atoms with Crippen molar-refractivity contribution in [3.05, 3.63) is 35.5 Å². The van der Waals surface area contributed by atoms with E-state index in [-0.39, 0.29) is 0 Å². The minimum absolute atomic E-state index is 0.691. The number of aromatic nitrogens is 2. The maximum absolute atomic E-state index is 6.18. The number of rotatable bonds is 6.